The Kier molecular flexibility index (Phi) is 3.97. The highest BCUT2D eigenvalue weighted by molar-refractivity contribution is 9.10. The van der Waals surface area contributed by atoms with Crippen LogP contribution in [-0.2, 0) is 19.5 Å². The lowest BCUT2D eigenvalue weighted by atomic mass is 10.1. The molecule has 3 aromatic rings. The van der Waals surface area contributed by atoms with Crippen LogP contribution in [0.3, 0.4) is 0 Å². The van der Waals surface area contributed by atoms with E-state index >= 15 is 0 Å². The topological polar surface area (TPSA) is 42.2 Å². The van der Waals surface area contributed by atoms with Crippen LogP contribution in [0.4, 0.5) is 0 Å². The summed E-state index contributed by atoms with van der Waals surface area (Å²) in [5, 5.41) is 0. The first-order valence-electron chi connectivity index (χ1n) is 7.65. The van der Waals surface area contributed by atoms with Crippen molar-refractivity contribution in [3.8, 4) is 11.4 Å². The zero-order valence-corrected chi connectivity index (χ0v) is 14.2. The third-order valence-corrected chi connectivity index (χ3v) is 4.48. The molecule has 0 saturated heterocycles. The number of nitrogens with zero attached hydrogens (tertiary/aromatic N) is 3. The third kappa shape index (κ3) is 3.21. The molecule has 4 rings (SSSR count). The number of hydrogen-bond donors (Lipinski definition) is 0. The van der Waals surface area contributed by atoms with Gasteiger partial charge in [-0.2, -0.15) is 0 Å². The van der Waals surface area contributed by atoms with Gasteiger partial charge in [0.25, 0.3) is 0 Å². The number of aromatic nitrogens is 2. The maximum absolute atomic E-state index is 5.59. The van der Waals surface area contributed by atoms with Crippen molar-refractivity contribution < 1.29 is 4.42 Å². The summed E-state index contributed by atoms with van der Waals surface area (Å²) in [6, 6.07) is 14.1. The molecule has 0 saturated carbocycles. The Morgan fingerprint density at radius 3 is 2.78 bits per heavy atom. The van der Waals surface area contributed by atoms with Crippen LogP contribution in [0.5, 0.6) is 0 Å². The van der Waals surface area contributed by atoms with Crippen molar-refractivity contribution in [1.29, 1.82) is 0 Å². The lowest BCUT2D eigenvalue weighted by Crippen LogP contribution is -2.30. The summed E-state index contributed by atoms with van der Waals surface area (Å²) < 4.78 is 6.37. The first kappa shape index (κ1) is 14.6. The van der Waals surface area contributed by atoms with Crippen molar-refractivity contribution in [2.75, 3.05) is 6.54 Å². The van der Waals surface area contributed by atoms with Gasteiger partial charge in [-0.3, -0.25) is 4.90 Å². The van der Waals surface area contributed by atoms with Gasteiger partial charge in [-0.25, -0.2) is 9.97 Å². The maximum atomic E-state index is 5.59. The largest absolute Gasteiger partial charge is 0.453 e. The third-order valence-electron chi connectivity index (χ3n) is 4.05. The highest BCUT2D eigenvalue weighted by atomic mass is 79.9. The Labute approximate surface area is 143 Å². The van der Waals surface area contributed by atoms with Crippen LogP contribution in [0.1, 0.15) is 17.0 Å². The molecule has 2 aromatic heterocycles. The Morgan fingerprint density at radius 1 is 1.13 bits per heavy atom. The van der Waals surface area contributed by atoms with Crippen LogP contribution in [-0.4, -0.2) is 21.4 Å². The second kappa shape index (κ2) is 6.26. The van der Waals surface area contributed by atoms with Gasteiger partial charge in [0, 0.05) is 36.8 Å². The quantitative estimate of drug-likeness (QED) is 0.698. The van der Waals surface area contributed by atoms with Gasteiger partial charge in [-0.1, -0.05) is 30.3 Å². The second-order valence-electron chi connectivity index (χ2n) is 5.70. The molecule has 3 heterocycles. The van der Waals surface area contributed by atoms with Gasteiger partial charge in [0.15, 0.2) is 10.5 Å². The van der Waals surface area contributed by atoms with E-state index in [9.17, 15) is 0 Å². The van der Waals surface area contributed by atoms with Crippen molar-refractivity contribution in [3.63, 3.8) is 0 Å². The fraction of sp³-hybridized carbons (Fsp3) is 0.222. The Bertz CT molecular complexity index is 816. The first-order valence-corrected chi connectivity index (χ1v) is 8.44. The van der Waals surface area contributed by atoms with E-state index in [1.54, 1.807) is 0 Å². The normalized spacial score (nSPS) is 14.7. The minimum atomic E-state index is 0.778. The van der Waals surface area contributed by atoms with Crippen molar-refractivity contribution in [1.82, 2.24) is 14.9 Å². The van der Waals surface area contributed by atoms with E-state index in [0.717, 1.165) is 53.6 Å². The summed E-state index contributed by atoms with van der Waals surface area (Å²) in [6.07, 6.45) is 2.91. The smallest absolute Gasteiger partial charge is 0.169 e. The lowest BCUT2D eigenvalue weighted by Gasteiger charge is -2.27. The van der Waals surface area contributed by atoms with Gasteiger partial charge in [-0.05, 0) is 28.1 Å². The number of furan rings is 1. The van der Waals surface area contributed by atoms with Crippen LogP contribution in [0.2, 0.25) is 0 Å². The second-order valence-corrected chi connectivity index (χ2v) is 6.48. The molecule has 23 heavy (non-hydrogen) atoms. The average molecular weight is 370 g/mol. The molecule has 0 unspecified atom stereocenters. The van der Waals surface area contributed by atoms with E-state index < -0.39 is 0 Å². The first-order chi connectivity index (χ1) is 11.3. The molecule has 0 amide bonds. The van der Waals surface area contributed by atoms with Gasteiger partial charge in [-0.15, -0.1) is 0 Å². The Hall–Kier alpha value is -1.98. The van der Waals surface area contributed by atoms with E-state index in [2.05, 4.69) is 25.8 Å². The van der Waals surface area contributed by atoms with Gasteiger partial charge >= 0.3 is 0 Å². The molecule has 0 fully saturated rings. The molecule has 0 spiro atoms. The molecule has 1 aromatic carbocycles. The summed E-state index contributed by atoms with van der Waals surface area (Å²) in [5.41, 5.74) is 3.44. The Balaban J connectivity index is 1.52. The molecule has 1 aliphatic rings. The fourth-order valence-electron chi connectivity index (χ4n) is 2.89. The zero-order valence-electron chi connectivity index (χ0n) is 12.6. The highest BCUT2D eigenvalue weighted by Crippen LogP contribution is 2.23. The van der Waals surface area contributed by atoms with Crippen LogP contribution < -0.4 is 0 Å². The minimum absolute atomic E-state index is 0.778. The number of benzene rings is 1. The molecule has 0 radical (unpaired) electrons. The SMILES string of the molecule is Brc1ccc(CN2CCc3nc(-c4ccccc4)ncc3C2)o1. The van der Waals surface area contributed by atoms with Crippen LogP contribution >= 0.6 is 15.9 Å². The van der Waals surface area contributed by atoms with Gasteiger partial charge in [0.1, 0.15) is 5.76 Å². The van der Waals surface area contributed by atoms with Crippen molar-refractivity contribution in [2.45, 2.75) is 19.5 Å². The summed E-state index contributed by atoms with van der Waals surface area (Å²) >= 11 is 3.35. The molecular formula is C18H16BrN3O. The van der Waals surface area contributed by atoms with E-state index in [-0.39, 0.29) is 0 Å². The highest BCUT2D eigenvalue weighted by Gasteiger charge is 2.19. The number of fused-ring (bicyclic) bond motifs is 1. The molecule has 0 atom stereocenters. The minimum Gasteiger partial charge on any atom is -0.453 e. The standard InChI is InChI=1S/C18H16BrN3O/c19-17-7-6-15(23-17)12-22-9-8-16-14(11-22)10-20-18(21-16)13-4-2-1-3-5-13/h1-7,10H,8-9,11-12H2. The number of halogens is 1. The van der Waals surface area contributed by atoms with Crippen molar-refractivity contribution >= 4 is 15.9 Å². The summed E-state index contributed by atoms with van der Waals surface area (Å²) in [7, 11) is 0. The van der Waals surface area contributed by atoms with Crippen LogP contribution in [0.25, 0.3) is 11.4 Å². The van der Waals surface area contributed by atoms with Crippen molar-refractivity contribution in [3.05, 3.63) is 70.3 Å². The van der Waals surface area contributed by atoms with Gasteiger partial charge in [0.2, 0.25) is 0 Å². The molecule has 0 aliphatic carbocycles. The molecule has 116 valence electrons. The fourth-order valence-corrected chi connectivity index (χ4v) is 3.23. The Morgan fingerprint density at radius 2 is 2.00 bits per heavy atom. The van der Waals surface area contributed by atoms with E-state index in [1.807, 2.05) is 48.7 Å². The average Bonchev–Trinajstić information content (AvgIpc) is 3.00. The molecule has 5 heteroatoms. The van der Waals surface area contributed by atoms with E-state index in [0.29, 0.717) is 0 Å². The summed E-state index contributed by atoms with van der Waals surface area (Å²) in [5.74, 6) is 1.79. The molecule has 4 nitrogen and oxygen atoms in total. The van der Waals surface area contributed by atoms with Gasteiger partial charge in [0.05, 0.1) is 12.2 Å². The van der Waals surface area contributed by atoms with Gasteiger partial charge < -0.3 is 4.42 Å². The molecule has 0 N–H and O–H groups in total. The number of rotatable bonds is 3. The molecule has 1 aliphatic heterocycles. The van der Waals surface area contributed by atoms with Crippen LogP contribution in [0.15, 0.2) is 57.7 Å². The summed E-state index contributed by atoms with van der Waals surface area (Å²) in [4.78, 5) is 11.7. The predicted molar refractivity (Wildman–Crippen MR) is 91.7 cm³/mol. The predicted octanol–water partition coefficient (Wildman–Crippen LogP) is 4.06. The monoisotopic (exact) mass is 369 g/mol. The molecule has 0 bridgehead atoms. The zero-order chi connectivity index (χ0) is 15.6. The lowest BCUT2D eigenvalue weighted by molar-refractivity contribution is 0.222. The maximum Gasteiger partial charge on any atom is 0.169 e. The van der Waals surface area contributed by atoms with E-state index in [1.165, 1.54) is 5.56 Å². The summed E-state index contributed by atoms with van der Waals surface area (Å²) in [6.45, 7) is 2.66. The van der Waals surface area contributed by atoms with E-state index in [4.69, 9.17) is 9.40 Å². The number of hydrogen-bond acceptors (Lipinski definition) is 4. The van der Waals surface area contributed by atoms with Crippen LogP contribution in [0, 0.1) is 0 Å². The molecular weight excluding hydrogens is 354 g/mol. The van der Waals surface area contributed by atoms with Crippen molar-refractivity contribution in [2.24, 2.45) is 0 Å².